The smallest absolute Gasteiger partial charge is 0.204 e. The van der Waals surface area contributed by atoms with E-state index in [0.717, 1.165) is 18.7 Å². The molecule has 0 unspecified atom stereocenters. The molecule has 1 aromatic carbocycles. The molecule has 1 aliphatic carbocycles. The van der Waals surface area contributed by atoms with E-state index in [1.54, 1.807) is 7.11 Å². The van der Waals surface area contributed by atoms with E-state index in [1.807, 2.05) is 6.92 Å². The first kappa shape index (κ1) is 13.7. The Bertz CT molecular complexity index is 642. The van der Waals surface area contributed by atoms with Gasteiger partial charge in [0.15, 0.2) is 11.6 Å². The van der Waals surface area contributed by atoms with E-state index in [9.17, 15) is 0 Å². The molecule has 1 aliphatic rings. The molecule has 1 heterocycles. The highest BCUT2D eigenvalue weighted by atomic mass is 16.5. The van der Waals surface area contributed by atoms with Crippen molar-refractivity contribution in [2.24, 2.45) is 0 Å². The van der Waals surface area contributed by atoms with Crippen LogP contribution >= 0.6 is 0 Å². The molecule has 0 amide bonds. The quantitative estimate of drug-likeness (QED) is 0.883. The molecule has 0 radical (unpaired) electrons. The summed E-state index contributed by atoms with van der Waals surface area (Å²) in [5.74, 6) is 2.03. The molecule has 110 valence electrons. The first-order valence-electron chi connectivity index (χ1n) is 7.33. The van der Waals surface area contributed by atoms with Crippen LogP contribution in [0.1, 0.15) is 24.5 Å². The van der Waals surface area contributed by atoms with Gasteiger partial charge in [-0.3, -0.25) is 0 Å². The number of aromatic nitrogens is 2. The molecule has 0 atom stereocenters. The standard InChI is InChI=1S/C16H20N4O/c1-3-17-15-14(21-2)16(19-10-18-15)20-13-8-7-11-5-4-6-12(11)9-13/h7-10H,3-6H2,1-2H3,(H2,17,18,19,20). The SMILES string of the molecule is CCNc1ncnc(Nc2ccc3c(c2)CCC3)c1OC. The minimum Gasteiger partial charge on any atom is -0.490 e. The summed E-state index contributed by atoms with van der Waals surface area (Å²) >= 11 is 0. The summed E-state index contributed by atoms with van der Waals surface area (Å²) in [6.07, 6.45) is 5.14. The predicted molar refractivity (Wildman–Crippen MR) is 84.5 cm³/mol. The van der Waals surface area contributed by atoms with E-state index in [0.29, 0.717) is 17.4 Å². The highest BCUT2D eigenvalue weighted by Gasteiger charge is 2.14. The summed E-state index contributed by atoms with van der Waals surface area (Å²) in [5, 5.41) is 6.51. The lowest BCUT2D eigenvalue weighted by Gasteiger charge is -2.14. The zero-order valence-electron chi connectivity index (χ0n) is 12.4. The second-order valence-electron chi connectivity index (χ2n) is 5.10. The van der Waals surface area contributed by atoms with Crippen LogP contribution in [0.4, 0.5) is 17.3 Å². The van der Waals surface area contributed by atoms with Crippen molar-refractivity contribution in [2.45, 2.75) is 26.2 Å². The number of nitrogens with one attached hydrogen (secondary N) is 2. The average molecular weight is 284 g/mol. The third-order valence-corrected chi connectivity index (χ3v) is 3.71. The minimum absolute atomic E-state index is 0.639. The Balaban J connectivity index is 1.89. The number of ether oxygens (including phenoxy) is 1. The Morgan fingerprint density at radius 3 is 2.76 bits per heavy atom. The van der Waals surface area contributed by atoms with E-state index in [2.05, 4.69) is 38.8 Å². The van der Waals surface area contributed by atoms with Gasteiger partial charge in [-0.05, 0) is 49.4 Å². The van der Waals surface area contributed by atoms with Gasteiger partial charge in [-0.2, -0.15) is 0 Å². The molecule has 0 fully saturated rings. The van der Waals surface area contributed by atoms with Gasteiger partial charge >= 0.3 is 0 Å². The summed E-state index contributed by atoms with van der Waals surface area (Å²) < 4.78 is 5.44. The summed E-state index contributed by atoms with van der Waals surface area (Å²) in [6.45, 7) is 2.81. The third-order valence-electron chi connectivity index (χ3n) is 3.71. The zero-order chi connectivity index (χ0) is 14.7. The molecule has 3 rings (SSSR count). The van der Waals surface area contributed by atoms with Gasteiger partial charge in [-0.15, -0.1) is 0 Å². The Kier molecular flexibility index (Phi) is 3.90. The van der Waals surface area contributed by atoms with Crippen LogP contribution < -0.4 is 15.4 Å². The molecule has 21 heavy (non-hydrogen) atoms. The number of benzene rings is 1. The fraction of sp³-hybridized carbons (Fsp3) is 0.375. The van der Waals surface area contributed by atoms with Crippen LogP contribution in [0.2, 0.25) is 0 Å². The van der Waals surface area contributed by atoms with Crippen LogP contribution in [-0.2, 0) is 12.8 Å². The van der Waals surface area contributed by atoms with Crippen molar-refractivity contribution < 1.29 is 4.74 Å². The maximum absolute atomic E-state index is 5.44. The first-order chi connectivity index (χ1) is 10.3. The monoisotopic (exact) mass is 284 g/mol. The Morgan fingerprint density at radius 1 is 1.14 bits per heavy atom. The van der Waals surface area contributed by atoms with E-state index in [-0.39, 0.29) is 0 Å². The van der Waals surface area contributed by atoms with Crippen LogP contribution in [0.15, 0.2) is 24.5 Å². The first-order valence-corrected chi connectivity index (χ1v) is 7.33. The molecule has 5 heteroatoms. The van der Waals surface area contributed by atoms with Gasteiger partial charge in [0.1, 0.15) is 6.33 Å². The normalized spacial score (nSPS) is 12.9. The van der Waals surface area contributed by atoms with Crippen molar-refractivity contribution in [2.75, 3.05) is 24.3 Å². The average Bonchev–Trinajstić information content (AvgIpc) is 2.95. The number of nitrogens with zero attached hydrogens (tertiary/aromatic N) is 2. The molecule has 2 N–H and O–H groups in total. The van der Waals surface area contributed by atoms with E-state index in [1.165, 1.54) is 30.3 Å². The molecular weight excluding hydrogens is 264 g/mol. The fourth-order valence-electron chi connectivity index (χ4n) is 2.74. The number of methoxy groups -OCH3 is 1. The summed E-state index contributed by atoms with van der Waals surface area (Å²) in [7, 11) is 1.63. The molecule has 0 bridgehead atoms. The van der Waals surface area contributed by atoms with E-state index >= 15 is 0 Å². The van der Waals surface area contributed by atoms with Gasteiger partial charge in [0.2, 0.25) is 5.75 Å². The third kappa shape index (κ3) is 2.77. The predicted octanol–water partition coefficient (Wildman–Crippen LogP) is 3.15. The molecule has 0 aliphatic heterocycles. The second kappa shape index (κ2) is 5.99. The van der Waals surface area contributed by atoms with Gasteiger partial charge in [-0.1, -0.05) is 6.07 Å². The van der Waals surface area contributed by atoms with Gasteiger partial charge in [-0.25, -0.2) is 9.97 Å². The van der Waals surface area contributed by atoms with Crippen LogP contribution in [-0.4, -0.2) is 23.6 Å². The lowest BCUT2D eigenvalue weighted by Crippen LogP contribution is -2.06. The summed E-state index contributed by atoms with van der Waals surface area (Å²) in [6, 6.07) is 6.50. The Morgan fingerprint density at radius 2 is 1.95 bits per heavy atom. The Hall–Kier alpha value is -2.30. The van der Waals surface area contributed by atoms with E-state index < -0.39 is 0 Å². The molecule has 0 saturated carbocycles. The lowest BCUT2D eigenvalue weighted by molar-refractivity contribution is 0.415. The number of fused-ring (bicyclic) bond motifs is 1. The molecule has 2 aromatic rings. The molecular formula is C16H20N4O. The number of anilines is 3. The van der Waals surface area contributed by atoms with Gasteiger partial charge in [0.05, 0.1) is 7.11 Å². The Labute approximate surface area is 124 Å². The second-order valence-corrected chi connectivity index (χ2v) is 5.10. The minimum atomic E-state index is 0.639. The van der Waals surface area contributed by atoms with Crippen molar-refractivity contribution in [3.8, 4) is 5.75 Å². The van der Waals surface area contributed by atoms with Gasteiger partial charge < -0.3 is 15.4 Å². The zero-order valence-corrected chi connectivity index (χ0v) is 12.4. The van der Waals surface area contributed by atoms with Crippen molar-refractivity contribution in [3.63, 3.8) is 0 Å². The maximum atomic E-state index is 5.44. The van der Waals surface area contributed by atoms with Crippen molar-refractivity contribution in [3.05, 3.63) is 35.7 Å². The largest absolute Gasteiger partial charge is 0.490 e. The highest BCUT2D eigenvalue weighted by Crippen LogP contribution is 2.32. The number of aryl methyl sites for hydroxylation is 2. The van der Waals surface area contributed by atoms with Crippen LogP contribution in [0.3, 0.4) is 0 Å². The van der Waals surface area contributed by atoms with Crippen LogP contribution in [0.25, 0.3) is 0 Å². The van der Waals surface area contributed by atoms with Crippen molar-refractivity contribution in [1.29, 1.82) is 0 Å². The van der Waals surface area contributed by atoms with Crippen molar-refractivity contribution in [1.82, 2.24) is 9.97 Å². The van der Waals surface area contributed by atoms with Crippen LogP contribution in [0, 0.1) is 0 Å². The van der Waals surface area contributed by atoms with Crippen molar-refractivity contribution >= 4 is 17.3 Å². The topological polar surface area (TPSA) is 59.1 Å². The lowest BCUT2D eigenvalue weighted by atomic mass is 10.1. The summed E-state index contributed by atoms with van der Waals surface area (Å²) in [5.41, 5.74) is 3.93. The fourth-order valence-corrected chi connectivity index (χ4v) is 2.74. The van der Waals surface area contributed by atoms with E-state index in [4.69, 9.17) is 4.74 Å². The van der Waals surface area contributed by atoms with Crippen LogP contribution in [0.5, 0.6) is 5.75 Å². The summed E-state index contributed by atoms with van der Waals surface area (Å²) in [4.78, 5) is 8.51. The molecule has 1 aromatic heterocycles. The number of hydrogen-bond donors (Lipinski definition) is 2. The molecule has 5 nitrogen and oxygen atoms in total. The number of rotatable bonds is 5. The molecule has 0 spiro atoms. The van der Waals surface area contributed by atoms with Gasteiger partial charge in [0, 0.05) is 12.2 Å². The highest BCUT2D eigenvalue weighted by molar-refractivity contribution is 5.69. The molecule has 0 saturated heterocycles. The maximum Gasteiger partial charge on any atom is 0.204 e. The number of hydrogen-bond acceptors (Lipinski definition) is 5. The van der Waals surface area contributed by atoms with Gasteiger partial charge in [0.25, 0.3) is 0 Å².